The van der Waals surface area contributed by atoms with E-state index >= 15 is 0 Å². The van der Waals surface area contributed by atoms with Gasteiger partial charge in [0.25, 0.3) is 0 Å². The second kappa shape index (κ2) is 12.5. The van der Waals surface area contributed by atoms with Gasteiger partial charge in [-0.2, -0.15) is 13.2 Å². The first-order chi connectivity index (χ1) is 18.6. The zero-order chi connectivity index (χ0) is 28.0. The van der Waals surface area contributed by atoms with E-state index in [4.69, 9.17) is 0 Å². The van der Waals surface area contributed by atoms with E-state index in [1.165, 1.54) is 6.92 Å². The van der Waals surface area contributed by atoms with Crippen LogP contribution in [0.2, 0.25) is 0 Å². The van der Waals surface area contributed by atoms with Gasteiger partial charge in [-0.15, -0.1) is 0 Å². The maximum atomic E-state index is 13.1. The predicted molar refractivity (Wildman–Crippen MR) is 144 cm³/mol. The monoisotopic (exact) mass is 545 g/mol. The van der Waals surface area contributed by atoms with Gasteiger partial charge in [0, 0.05) is 25.4 Å². The summed E-state index contributed by atoms with van der Waals surface area (Å²) in [5, 5.41) is 19.5. The van der Waals surface area contributed by atoms with Crippen molar-refractivity contribution in [2.45, 2.75) is 82.2 Å². The van der Waals surface area contributed by atoms with Crippen molar-refractivity contribution in [2.75, 3.05) is 13.1 Å². The standard InChI is InChI=1S/C30H38F3N3O3/c1-20(37)36-22-11-9-10-21(18-22)27(38)34-17-8-2-7-16-29(28(39)35-19-30(31,32)33)25-14-5-3-12-23(25)24-13-4-6-15-26(24)29/h3-6,12-15,21-22,28,35,39H,2,7-11,16-19H2,1H3,(H,34,38)(H,36,37). The number of hydrogen-bond donors (Lipinski definition) is 4. The van der Waals surface area contributed by atoms with Crippen LogP contribution in [-0.2, 0) is 15.0 Å². The molecular formula is C30H38F3N3O3. The molecule has 2 aliphatic carbocycles. The van der Waals surface area contributed by atoms with E-state index in [2.05, 4.69) is 16.0 Å². The summed E-state index contributed by atoms with van der Waals surface area (Å²) in [6.07, 6.45) is -0.0259. The molecule has 3 unspecified atom stereocenters. The Morgan fingerprint density at radius 2 is 1.64 bits per heavy atom. The highest BCUT2D eigenvalue weighted by molar-refractivity contribution is 5.81. The van der Waals surface area contributed by atoms with Crippen molar-refractivity contribution in [3.8, 4) is 11.1 Å². The zero-order valence-corrected chi connectivity index (χ0v) is 22.3. The lowest BCUT2D eigenvalue weighted by molar-refractivity contribution is -0.133. The van der Waals surface area contributed by atoms with E-state index < -0.39 is 24.4 Å². The lowest BCUT2D eigenvalue weighted by Gasteiger charge is -2.37. The van der Waals surface area contributed by atoms with Gasteiger partial charge in [0.15, 0.2) is 0 Å². The molecule has 2 aromatic carbocycles. The van der Waals surface area contributed by atoms with Gasteiger partial charge in [0.2, 0.25) is 11.8 Å². The Bertz CT molecular complexity index is 1110. The van der Waals surface area contributed by atoms with Crippen LogP contribution in [0, 0.1) is 5.92 Å². The summed E-state index contributed by atoms with van der Waals surface area (Å²) in [4.78, 5) is 24.0. The van der Waals surface area contributed by atoms with Crippen LogP contribution in [0.25, 0.3) is 11.1 Å². The molecular weight excluding hydrogens is 507 g/mol. The average Bonchev–Trinajstić information content (AvgIpc) is 3.19. The smallest absolute Gasteiger partial charge is 0.377 e. The first-order valence-electron chi connectivity index (χ1n) is 13.8. The van der Waals surface area contributed by atoms with E-state index in [-0.39, 0.29) is 23.8 Å². The molecule has 4 rings (SSSR count). The number of carbonyl (C=O) groups is 2. The van der Waals surface area contributed by atoms with Gasteiger partial charge >= 0.3 is 6.18 Å². The van der Waals surface area contributed by atoms with E-state index in [1.54, 1.807) is 0 Å². The highest BCUT2D eigenvalue weighted by Crippen LogP contribution is 2.52. The Labute approximate surface area is 227 Å². The summed E-state index contributed by atoms with van der Waals surface area (Å²) < 4.78 is 39.2. The van der Waals surface area contributed by atoms with Crippen LogP contribution in [0.3, 0.4) is 0 Å². The van der Waals surface area contributed by atoms with Gasteiger partial charge in [-0.05, 0) is 54.4 Å². The van der Waals surface area contributed by atoms with Crippen LogP contribution >= 0.6 is 0 Å². The number of hydrogen-bond acceptors (Lipinski definition) is 4. The maximum absolute atomic E-state index is 13.1. The molecule has 0 aliphatic heterocycles. The summed E-state index contributed by atoms with van der Waals surface area (Å²) in [7, 11) is 0. The maximum Gasteiger partial charge on any atom is 0.401 e. The number of amides is 2. The van der Waals surface area contributed by atoms with E-state index in [0.717, 1.165) is 54.4 Å². The molecule has 212 valence electrons. The Morgan fingerprint density at radius 1 is 1.00 bits per heavy atom. The van der Waals surface area contributed by atoms with Crippen LogP contribution in [0.5, 0.6) is 0 Å². The lowest BCUT2D eigenvalue weighted by Crippen LogP contribution is -2.50. The van der Waals surface area contributed by atoms with Crippen LogP contribution < -0.4 is 16.0 Å². The summed E-state index contributed by atoms with van der Waals surface area (Å²) in [6, 6.07) is 15.2. The van der Waals surface area contributed by atoms with Gasteiger partial charge in [-0.1, -0.05) is 67.8 Å². The molecule has 0 heterocycles. The first-order valence-corrected chi connectivity index (χ1v) is 13.8. The predicted octanol–water partition coefficient (Wildman–Crippen LogP) is 4.79. The molecule has 0 bridgehead atoms. The topological polar surface area (TPSA) is 90.5 Å². The van der Waals surface area contributed by atoms with Crippen LogP contribution in [0.1, 0.15) is 69.4 Å². The number of halogens is 3. The van der Waals surface area contributed by atoms with Gasteiger partial charge < -0.3 is 15.7 Å². The molecule has 0 aromatic heterocycles. The molecule has 1 fully saturated rings. The Morgan fingerprint density at radius 3 is 2.26 bits per heavy atom. The van der Waals surface area contributed by atoms with Crippen molar-refractivity contribution < 1.29 is 27.9 Å². The van der Waals surface area contributed by atoms with Crippen LogP contribution in [0.15, 0.2) is 48.5 Å². The van der Waals surface area contributed by atoms with Gasteiger partial charge in [-0.3, -0.25) is 14.9 Å². The van der Waals surface area contributed by atoms with Crippen molar-refractivity contribution in [2.24, 2.45) is 5.92 Å². The first kappa shape index (κ1) is 29.1. The van der Waals surface area contributed by atoms with Crippen molar-refractivity contribution in [3.63, 3.8) is 0 Å². The highest BCUT2D eigenvalue weighted by atomic mass is 19.4. The molecule has 4 N–H and O–H groups in total. The highest BCUT2D eigenvalue weighted by Gasteiger charge is 2.48. The molecule has 3 atom stereocenters. The summed E-state index contributed by atoms with van der Waals surface area (Å²) in [6.45, 7) is 0.716. The van der Waals surface area contributed by atoms with Gasteiger partial charge in [0.05, 0.1) is 12.0 Å². The third-order valence-electron chi connectivity index (χ3n) is 8.07. The van der Waals surface area contributed by atoms with Crippen LogP contribution in [0.4, 0.5) is 13.2 Å². The molecule has 1 saturated carbocycles. The summed E-state index contributed by atoms with van der Waals surface area (Å²) >= 11 is 0. The molecule has 0 radical (unpaired) electrons. The van der Waals surface area contributed by atoms with Gasteiger partial charge in [-0.25, -0.2) is 0 Å². The van der Waals surface area contributed by atoms with E-state index in [1.807, 2.05) is 48.5 Å². The number of carbonyl (C=O) groups excluding carboxylic acids is 2. The molecule has 0 spiro atoms. The van der Waals surface area contributed by atoms with Crippen molar-refractivity contribution >= 4 is 11.8 Å². The molecule has 2 amide bonds. The third-order valence-corrected chi connectivity index (χ3v) is 8.07. The molecule has 2 aromatic rings. The van der Waals surface area contributed by atoms with E-state index in [9.17, 15) is 27.9 Å². The SMILES string of the molecule is CC(=O)NC1CCCC(C(=O)NCCCCCC2(C(O)NCC(F)(F)F)c3ccccc3-c3ccccc32)C1. The zero-order valence-electron chi connectivity index (χ0n) is 22.3. The van der Waals surface area contributed by atoms with Crippen molar-refractivity contribution in [1.29, 1.82) is 0 Å². The lowest BCUT2D eigenvalue weighted by atomic mass is 9.72. The fourth-order valence-electron chi connectivity index (χ4n) is 6.35. The van der Waals surface area contributed by atoms with Crippen molar-refractivity contribution in [3.05, 3.63) is 59.7 Å². The number of fused-ring (bicyclic) bond motifs is 3. The minimum absolute atomic E-state index is 0.00643. The number of nitrogens with one attached hydrogen (secondary N) is 3. The van der Waals surface area contributed by atoms with Crippen LogP contribution in [-0.4, -0.2) is 48.5 Å². The second-order valence-corrected chi connectivity index (χ2v) is 10.8. The third kappa shape index (κ3) is 6.81. The number of aliphatic hydroxyl groups is 1. The molecule has 6 nitrogen and oxygen atoms in total. The Balaban J connectivity index is 1.38. The molecule has 39 heavy (non-hydrogen) atoms. The average molecular weight is 546 g/mol. The van der Waals surface area contributed by atoms with Crippen molar-refractivity contribution in [1.82, 2.24) is 16.0 Å². The minimum Gasteiger partial charge on any atom is -0.377 e. The largest absolute Gasteiger partial charge is 0.401 e. The number of rotatable bonds is 11. The number of aliphatic hydroxyl groups excluding tert-OH is 1. The molecule has 2 aliphatic rings. The number of benzene rings is 2. The normalized spacial score (nSPS) is 20.5. The minimum atomic E-state index is -4.45. The molecule has 9 heteroatoms. The Hall–Kier alpha value is -2.91. The number of unbranched alkanes of at least 4 members (excludes halogenated alkanes) is 2. The molecule has 0 saturated heterocycles. The van der Waals surface area contributed by atoms with Gasteiger partial charge in [0.1, 0.15) is 6.23 Å². The Kier molecular flexibility index (Phi) is 9.33. The second-order valence-electron chi connectivity index (χ2n) is 10.8. The summed E-state index contributed by atoms with van der Waals surface area (Å²) in [5.41, 5.74) is 2.50. The van der Waals surface area contributed by atoms with E-state index in [0.29, 0.717) is 25.8 Å². The number of alkyl halides is 3. The summed E-state index contributed by atoms with van der Waals surface area (Å²) in [5.74, 6) is -0.183. The fourth-order valence-corrected chi connectivity index (χ4v) is 6.35. The fraction of sp³-hybridized carbons (Fsp3) is 0.533. The quantitative estimate of drug-likeness (QED) is 0.241.